The van der Waals surface area contributed by atoms with Crippen LogP contribution < -0.4 is 0 Å². The first-order chi connectivity index (χ1) is 9.47. The molecule has 20 heavy (non-hydrogen) atoms. The van der Waals surface area contributed by atoms with Gasteiger partial charge in [0.05, 0.1) is 0 Å². The summed E-state index contributed by atoms with van der Waals surface area (Å²) >= 11 is 0. The van der Waals surface area contributed by atoms with Crippen LogP contribution in [0.4, 0.5) is 17.6 Å². The molecule has 0 saturated heterocycles. The molecule has 0 bridgehead atoms. The largest absolute Gasteiger partial charge is 0.419 e. The SMILES string of the molecule is Fc1cccc(-c2cc3cccnc3[nH]2)c1C(F)(F)F. The normalized spacial score (nSPS) is 12.0. The maximum absolute atomic E-state index is 13.5. The van der Waals surface area contributed by atoms with Gasteiger partial charge >= 0.3 is 6.18 Å². The maximum atomic E-state index is 13.5. The molecule has 0 aliphatic heterocycles. The van der Waals surface area contributed by atoms with Crippen molar-refractivity contribution in [1.82, 2.24) is 9.97 Å². The Morgan fingerprint density at radius 1 is 1.05 bits per heavy atom. The maximum Gasteiger partial charge on any atom is 0.419 e. The van der Waals surface area contributed by atoms with Crippen molar-refractivity contribution in [3.05, 3.63) is 54.0 Å². The summed E-state index contributed by atoms with van der Waals surface area (Å²) in [6.07, 6.45) is -3.23. The smallest absolute Gasteiger partial charge is 0.339 e. The highest BCUT2D eigenvalue weighted by atomic mass is 19.4. The lowest BCUT2D eigenvalue weighted by atomic mass is 10.0. The Morgan fingerprint density at radius 2 is 1.85 bits per heavy atom. The van der Waals surface area contributed by atoms with Crippen molar-refractivity contribution in [2.24, 2.45) is 0 Å². The molecule has 6 heteroatoms. The zero-order valence-corrected chi connectivity index (χ0v) is 10.0. The van der Waals surface area contributed by atoms with Gasteiger partial charge in [0, 0.05) is 22.8 Å². The van der Waals surface area contributed by atoms with E-state index in [0.29, 0.717) is 11.0 Å². The Labute approximate surface area is 111 Å². The monoisotopic (exact) mass is 280 g/mol. The van der Waals surface area contributed by atoms with Gasteiger partial charge in [-0.25, -0.2) is 9.37 Å². The minimum absolute atomic E-state index is 0.186. The van der Waals surface area contributed by atoms with Crippen molar-refractivity contribution >= 4 is 11.0 Å². The third kappa shape index (κ3) is 2.03. The number of aromatic nitrogens is 2. The number of rotatable bonds is 1. The van der Waals surface area contributed by atoms with Gasteiger partial charge in [0.1, 0.15) is 17.0 Å². The average molecular weight is 280 g/mol. The number of hydrogen-bond acceptors (Lipinski definition) is 1. The highest BCUT2D eigenvalue weighted by Crippen LogP contribution is 2.38. The third-order valence-corrected chi connectivity index (χ3v) is 2.98. The molecule has 0 radical (unpaired) electrons. The molecule has 0 atom stereocenters. The van der Waals surface area contributed by atoms with E-state index in [1.807, 2.05) is 0 Å². The van der Waals surface area contributed by atoms with Gasteiger partial charge in [-0.1, -0.05) is 12.1 Å². The number of benzene rings is 1. The summed E-state index contributed by atoms with van der Waals surface area (Å²) in [5.41, 5.74) is -0.854. The Kier molecular flexibility index (Phi) is 2.74. The second-order valence-electron chi connectivity index (χ2n) is 4.28. The molecule has 0 aliphatic rings. The molecule has 0 saturated carbocycles. The van der Waals surface area contributed by atoms with Crippen molar-refractivity contribution < 1.29 is 17.6 Å². The molecule has 2 nitrogen and oxygen atoms in total. The van der Waals surface area contributed by atoms with E-state index in [1.54, 1.807) is 12.1 Å². The Morgan fingerprint density at radius 3 is 2.55 bits per heavy atom. The molecule has 1 N–H and O–H groups in total. The highest BCUT2D eigenvalue weighted by Gasteiger charge is 2.37. The molecule has 0 aliphatic carbocycles. The molecule has 2 heterocycles. The van der Waals surface area contributed by atoms with Gasteiger partial charge in [0.15, 0.2) is 0 Å². The molecular formula is C14H8F4N2. The van der Waals surface area contributed by atoms with Crippen LogP contribution in [0.25, 0.3) is 22.3 Å². The molecule has 0 spiro atoms. The molecule has 3 rings (SSSR count). The van der Waals surface area contributed by atoms with Crippen molar-refractivity contribution in [1.29, 1.82) is 0 Å². The van der Waals surface area contributed by atoms with E-state index >= 15 is 0 Å². The van der Waals surface area contributed by atoms with E-state index in [1.165, 1.54) is 24.4 Å². The number of nitrogens with one attached hydrogen (secondary N) is 1. The molecular weight excluding hydrogens is 272 g/mol. The predicted octanol–water partition coefficient (Wildman–Crippen LogP) is 4.39. The number of aromatic amines is 1. The predicted molar refractivity (Wildman–Crippen MR) is 66.5 cm³/mol. The van der Waals surface area contributed by atoms with Crippen LogP contribution in [0.3, 0.4) is 0 Å². The minimum atomic E-state index is -4.76. The number of alkyl halides is 3. The van der Waals surface area contributed by atoms with E-state index in [2.05, 4.69) is 9.97 Å². The second-order valence-corrected chi connectivity index (χ2v) is 4.28. The van der Waals surface area contributed by atoms with E-state index in [4.69, 9.17) is 0 Å². The average Bonchev–Trinajstić information content (AvgIpc) is 2.80. The number of nitrogens with zero attached hydrogens (tertiary/aromatic N) is 1. The number of pyridine rings is 1. The van der Waals surface area contributed by atoms with Gasteiger partial charge < -0.3 is 4.98 Å². The standard InChI is InChI=1S/C14H8F4N2/c15-10-5-1-4-9(12(10)14(16,17)18)11-7-8-3-2-6-19-13(8)20-11/h1-7H,(H,19,20). The second kappa shape index (κ2) is 4.33. The third-order valence-electron chi connectivity index (χ3n) is 2.98. The molecule has 0 fully saturated rings. The van der Waals surface area contributed by atoms with Gasteiger partial charge in [-0.2, -0.15) is 13.2 Å². The molecule has 2 aromatic heterocycles. The van der Waals surface area contributed by atoms with Gasteiger partial charge in [-0.15, -0.1) is 0 Å². The quantitative estimate of drug-likeness (QED) is 0.658. The Bertz CT molecular complexity index is 741. The van der Waals surface area contributed by atoms with E-state index < -0.39 is 17.6 Å². The lowest BCUT2D eigenvalue weighted by Crippen LogP contribution is -2.10. The first kappa shape index (κ1) is 12.7. The number of fused-ring (bicyclic) bond motifs is 1. The van der Waals surface area contributed by atoms with Crippen LogP contribution in [0.2, 0.25) is 0 Å². The summed E-state index contributed by atoms with van der Waals surface area (Å²) in [5.74, 6) is -1.29. The van der Waals surface area contributed by atoms with E-state index in [0.717, 1.165) is 6.07 Å². The fourth-order valence-electron chi connectivity index (χ4n) is 2.14. The summed E-state index contributed by atoms with van der Waals surface area (Å²) in [4.78, 5) is 6.78. The summed E-state index contributed by atoms with van der Waals surface area (Å²) in [5, 5.41) is 0.667. The van der Waals surface area contributed by atoms with Crippen LogP contribution in [0.5, 0.6) is 0 Å². The summed E-state index contributed by atoms with van der Waals surface area (Å²) < 4.78 is 52.5. The molecule has 0 unspecified atom stereocenters. The lowest BCUT2D eigenvalue weighted by Gasteiger charge is -2.12. The van der Waals surface area contributed by atoms with Gasteiger partial charge in [0.2, 0.25) is 0 Å². The van der Waals surface area contributed by atoms with Crippen molar-refractivity contribution in [2.45, 2.75) is 6.18 Å². The summed E-state index contributed by atoms with van der Waals surface area (Å²) in [7, 11) is 0. The van der Waals surface area contributed by atoms with Crippen LogP contribution >= 0.6 is 0 Å². The highest BCUT2D eigenvalue weighted by molar-refractivity contribution is 5.83. The zero-order chi connectivity index (χ0) is 14.3. The fourth-order valence-corrected chi connectivity index (χ4v) is 2.14. The topological polar surface area (TPSA) is 28.7 Å². The summed E-state index contributed by atoms with van der Waals surface area (Å²) in [6.45, 7) is 0. The first-order valence-electron chi connectivity index (χ1n) is 5.76. The fraction of sp³-hybridized carbons (Fsp3) is 0.0714. The Balaban J connectivity index is 2.26. The van der Waals surface area contributed by atoms with Crippen LogP contribution in [-0.4, -0.2) is 9.97 Å². The van der Waals surface area contributed by atoms with Gasteiger partial charge in [-0.05, 0) is 24.3 Å². The van der Waals surface area contributed by atoms with Crippen LogP contribution in [0.15, 0.2) is 42.6 Å². The van der Waals surface area contributed by atoms with Gasteiger partial charge in [-0.3, -0.25) is 0 Å². The molecule has 0 amide bonds. The molecule has 102 valence electrons. The first-order valence-corrected chi connectivity index (χ1v) is 5.76. The Hall–Kier alpha value is -2.37. The van der Waals surface area contributed by atoms with E-state index in [-0.39, 0.29) is 11.3 Å². The molecule has 1 aromatic carbocycles. The van der Waals surface area contributed by atoms with Crippen molar-refractivity contribution in [2.75, 3.05) is 0 Å². The van der Waals surface area contributed by atoms with Crippen molar-refractivity contribution in [3.8, 4) is 11.3 Å². The van der Waals surface area contributed by atoms with Crippen LogP contribution in [0.1, 0.15) is 5.56 Å². The lowest BCUT2D eigenvalue weighted by molar-refractivity contribution is -0.139. The number of H-pyrrole nitrogens is 1. The van der Waals surface area contributed by atoms with Crippen LogP contribution in [0, 0.1) is 5.82 Å². The summed E-state index contributed by atoms with van der Waals surface area (Å²) in [6, 6.07) is 8.19. The van der Waals surface area contributed by atoms with E-state index in [9.17, 15) is 17.6 Å². The zero-order valence-electron chi connectivity index (χ0n) is 10.0. The number of halogens is 4. The molecule has 3 aromatic rings. The van der Waals surface area contributed by atoms with Gasteiger partial charge in [0.25, 0.3) is 0 Å². The number of hydrogen-bond donors (Lipinski definition) is 1. The van der Waals surface area contributed by atoms with Crippen molar-refractivity contribution in [3.63, 3.8) is 0 Å². The van der Waals surface area contributed by atoms with Crippen LogP contribution in [-0.2, 0) is 6.18 Å². The minimum Gasteiger partial charge on any atom is -0.339 e.